The molecule has 0 aliphatic rings. The highest BCUT2D eigenvalue weighted by atomic mass is 16.3. The summed E-state index contributed by atoms with van der Waals surface area (Å²) in [6, 6.07) is 4.20. The fourth-order valence-electron chi connectivity index (χ4n) is 1.71. The summed E-state index contributed by atoms with van der Waals surface area (Å²) in [6.07, 6.45) is 6.17. The van der Waals surface area contributed by atoms with Gasteiger partial charge in [0.15, 0.2) is 0 Å². The van der Waals surface area contributed by atoms with Crippen molar-refractivity contribution in [2.75, 3.05) is 0 Å². The summed E-state index contributed by atoms with van der Waals surface area (Å²) >= 11 is 0. The van der Waals surface area contributed by atoms with Gasteiger partial charge >= 0.3 is 0 Å². The van der Waals surface area contributed by atoms with Gasteiger partial charge in [0.2, 0.25) is 0 Å². The first-order valence-corrected chi connectivity index (χ1v) is 5.04. The van der Waals surface area contributed by atoms with E-state index in [0.717, 1.165) is 17.9 Å². The van der Waals surface area contributed by atoms with E-state index in [0.29, 0.717) is 12.6 Å². The highest BCUT2D eigenvalue weighted by Crippen LogP contribution is 2.16. The molecule has 2 aromatic heterocycles. The second-order valence-corrected chi connectivity index (χ2v) is 3.63. The molecule has 0 bridgehead atoms. The maximum absolute atomic E-state index is 5.62. The van der Waals surface area contributed by atoms with Crippen LogP contribution in [0.25, 0.3) is 0 Å². The largest absolute Gasteiger partial charge is 0.469 e. The molecule has 0 saturated heterocycles. The molecule has 1 atom stereocenters. The smallest absolute Gasteiger partial charge is 0.105 e. The third kappa shape index (κ3) is 2.10. The van der Waals surface area contributed by atoms with Crippen LogP contribution in [0.2, 0.25) is 0 Å². The zero-order valence-corrected chi connectivity index (χ0v) is 8.76. The zero-order valence-electron chi connectivity index (χ0n) is 8.76. The van der Waals surface area contributed by atoms with Crippen molar-refractivity contribution >= 4 is 0 Å². The van der Waals surface area contributed by atoms with E-state index in [-0.39, 0.29) is 0 Å². The molecule has 0 aliphatic heterocycles. The van der Waals surface area contributed by atoms with Crippen LogP contribution in [-0.2, 0) is 13.0 Å². The number of rotatable bonds is 4. The fraction of sp³-hybridized carbons (Fsp3) is 0.364. The van der Waals surface area contributed by atoms with Gasteiger partial charge < -0.3 is 14.7 Å². The molecular weight excluding hydrogens is 190 g/mol. The van der Waals surface area contributed by atoms with Crippen LogP contribution in [0.3, 0.4) is 0 Å². The summed E-state index contributed by atoms with van der Waals surface area (Å²) in [6.45, 7) is 2.64. The molecule has 2 aromatic rings. The molecule has 2 rings (SSSR count). The number of aromatic nitrogens is 2. The molecule has 2 N–H and O–H groups in total. The van der Waals surface area contributed by atoms with E-state index in [9.17, 15) is 0 Å². The van der Waals surface area contributed by atoms with Gasteiger partial charge in [-0.15, -0.1) is 0 Å². The zero-order chi connectivity index (χ0) is 10.7. The molecule has 80 valence electrons. The highest BCUT2D eigenvalue weighted by molar-refractivity contribution is 5.03. The molecule has 15 heavy (non-hydrogen) atoms. The predicted octanol–water partition coefficient (Wildman–Crippen LogP) is 1.74. The highest BCUT2D eigenvalue weighted by Gasteiger charge is 2.10. The van der Waals surface area contributed by atoms with Crippen LogP contribution in [0.4, 0.5) is 0 Å². The van der Waals surface area contributed by atoms with Gasteiger partial charge in [-0.05, 0) is 19.1 Å². The molecule has 0 fully saturated rings. The number of furan rings is 1. The first kappa shape index (κ1) is 9.98. The Hall–Kier alpha value is -1.55. The fourth-order valence-corrected chi connectivity index (χ4v) is 1.71. The predicted molar refractivity (Wildman–Crippen MR) is 57.2 cm³/mol. The molecule has 0 spiro atoms. The average molecular weight is 205 g/mol. The second-order valence-electron chi connectivity index (χ2n) is 3.63. The Bertz CT molecular complexity index is 405. The quantitative estimate of drug-likeness (QED) is 0.827. The van der Waals surface area contributed by atoms with Crippen molar-refractivity contribution < 1.29 is 4.42 Å². The van der Waals surface area contributed by atoms with Crippen LogP contribution < -0.4 is 5.73 Å². The summed E-state index contributed by atoms with van der Waals surface area (Å²) < 4.78 is 7.40. The summed E-state index contributed by atoms with van der Waals surface area (Å²) in [7, 11) is 0. The second kappa shape index (κ2) is 4.31. The topological polar surface area (TPSA) is 57.0 Å². The number of nitrogens with zero attached hydrogens (tertiary/aromatic N) is 2. The SMILES string of the molecule is CC(Cc1ccco1)n1cncc1CN. The molecule has 0 aromatic carbocycles. The molecule has 0 saturated carbocycles. The summed E-state index contributed by atoms with van der Waals surface area (Å²) in [4.78, 5) is 4.10. The van der Waals surface area contributed by atoms with Gasteiger partial charge in [0.05, 0.1) is 18.3 Å². The Labute approximate surface area is 88.7 Å². The monoisotopic (exact) mass is 205 g/mol. The van der Waals surface area contributed by atoms with E-state index in [1.165, 1.54) is 0 Å². The third-order valence-corrected chi connectivity index (χ3v) is 2.51. The van der Waals surface area contributed by atoms with Crippen LogP contribution in [0.1, 0.15) is 24.4 Å². The normalized spacial score (nSPS) is 12.9. The Morgan fingerprint density at radius 3 is 3.13 bits per heavy atom. The average Bonchev–Trinajstić information content (AvgIpc) is 2.86. The molecular formula is C11H15N3O. The van der Waals surface area contributed by atoms with Crippen molar-refractivity contribution in [2.45, 2.75) is 25.9 Å². The Kier molecular flexibility index (Phi) is 2.87. The van der Waals surface area contributed by atoms with Gasteiger partial charge in [-0.3, -0.25) is 0 Å². The first-order chi connectivity index (χ1) is 7.31. The number of hydrogen-bond donors (Lipinski definition) is 1. The molecule has 0 radical (unpaired) electrons. The lowest BCUT2D eigenvalue weighted by Crippen LogP contribution is -2.12. The van der Waals surface area contributed by atoms with Gasteiger partial charge in [-0.25, -0.2) is 4.98 Å². The third-order valence-electron chi connectivity index (χ3n) is 2.51. The van der Waals surface area contributed by atoms with Gasteiger partial charge in [0, 0.05) is 25.2 Å². The van der Waals surface area contributed by atoms with Gasteiger partial charge in [0.1, 0.15) is 5.76 Å². The lowest BCUT2D eigenvalue weighted by Gasteiger charge is -2.14. The standard InChI is InChI=1S/C11H15N3O/c1-9(5-11-3-2-4-15-11)14-8-13-7-10(14)6-12/h2-4,7-9H,5-6,12H2,1H3. The lowest BCUT2D eigenvalue weighted by molar-refractivity contribution is 0.442. The van der Waals surface area contributed by atoms with Crippen molar-refractivity contribution in [1.29, 1.82) is 0 Å². The minimum Gasteiger partial charge on any atom is -0.469 e. The number of hydrogen-bond acceptors (Lipinski definition) is 3. The first-order valence-electron chi connectivity index (χ1n) is 5.04. The summed E-state index contributed by atoms with van der Waals surface area (Å²) in [5.41, 5.74) is 6.67. The molecule has 0 amide bonds. The van der Waals surface area contributed by atoms with E-state index in [1.807, 2.05) is 18.5 Å². The van der Waals surface area contributed by atoms with Crippen LogP contribution in [-0.4, -0.2) is 9.55 Å². The summed E-state index contributed by atoms with van der Waals surface area (Å²) in [5, 5.41) is 0. The van der Waals surface area contributed by atoms with Crippen molar-refractivity contribution in [2.24, 2.45) is 5.73 Å². The Morgan fingerprint density at radius 1 is 1.60 bits per heavy atom. The van der Waals surface area contributed by atoms with Gasteiger partial charge in [-0.1, -0.05) is 0 Å². The van der Waals surface area contributed by atoms with Crippen LogP contribution >= 0.6 is 0 Å². The summed E-state index contributed by atoms with van der Waals surface area (Å²) in [5.74, 6) is 0.985. The minimum atomic E-state index is 0.317. The molecule has 4 nitrogen and oxygen atoms in total. The van der Waals surface area contributed by atoms with Gasteiger partial charge in [-0.2, -0.15) is 0 Å². The van der Waals surface area contributed by atoms with E-state index in [2.05, 4.69) is 16.5 Å². The van der Waals surface area contributed by atoms with Crippen molar-refractivity contribution in [3.8, 4) is 0 Å². The molecule has 4 heteroatoms. The molecule has 1 unspecified atom stereocenters. The van der Waals surface area contributed by atoms with Crippen LogP contribution in [0.15, 0.2) is 35.3 Å². The van der Waals surface area contributed by atoms with E-state index in [4.69, 9.17) is 10.2 Å². The lowest BCUT2D eigenvalue weighted by atomic mass is 10.2. The maximum Gasteiger partial charge on any atom is 0.105 e. The van der Waals surface area contributed by atoms with Gasteiger partial charge in [0.25, 0.3) is 0 Å². The Morgan fingerprint density at radius 2 is 2.47 bits per heavy atom. The van der Waals surface area contributed by atoms with E-state index in [1.54, 1.807) is 12.5 Å². The Balaban J connectivity index is 2.11. The van der Waals surface area contributed by atoms with Crippen LogP contribution in [0, 0.1) is 0 Å². The van der Waals surface area contributed by atoms with Crippen molar-refractivity contribution in [3.05, 3.63) is 42.4 Å². The number of imidazole rings is 1. The minimum absolute atomic E-state index is 0.317. The van der Waals surface area contributed by atoms with Crippen molar-refractivity contribution in [1.82, 2.24) is 9.55 Å². The van der Waals surface area contributed by atoms with E-state index >= 15 is 0 Å². The van der Waals surface area contributed by atoms with Crippen LogP contribution in [0.5, 0.6) is 0 Å². The van der Waals surface area contributed by atoms with Crippen molar-refractivity contribution in [3.63, 3.8) is 0 Å². The van der Waals surface area contributed by atoms with E-state index < -0.39 is 0 Å². The molecule has 0 aliphatic carbocycles. The number of nitrogens with two attached hydrogens (primary N) is 1. The molecule has 2 heterocycles. The maximum atomic E-state index is 5.62.